The van der Waals surface area contributed by atoms with Crippen molar-refractivity contribution in [3.63, 3.8) is 0 Å². The van der Waals surface area contributed by atoms with Gasteiger partial charge in [-0.1, -0.05) is 12.1 Å². The summed E-state index contributed by atoms with van der Waals surface area (Å²) in [6.45, 7) is 0. The van der Waals surface area contributed by atoms with Gasteiger partial charge in [0, 0.05) is 11.8 Å². The second-order valence-corrected chi connectivity index (χ2v) is 4.30. The first-order valence-electron chi connectivity index (χ1n) is 6.01. The number of nitrogens with one attached hydrogen (secondary N) is 1. The highest BCUT2D eigenvalue weighted by atomic mass is 19.1. The Labute approximate surface area is 113 Å². The Morgan fingerprint density at radius 2 is 1.95 bits per heavy atom. The van der Waals surface area contributed by atoms with E-state index in [2.05, 4.69) is 9.97 Å². The average molecular weight is 270 g/mol. The van der Waals surface area contributed by atoms with Crippen molar-refractivity contribution in [3.05, 3.63) is 58.8 Å². The van der Waals surface area contributed by atoms with Gasteiger partial charge >= 0.3 is 0 Å². The quantitative estimate of drug-likeness (QED) is 0.779. The van der Waals surface area contributed by atoms with Gasteiger partial charge in [0.1, 0.15) is 5.82 Å². The number of hydrogen-bond acceptors (Lipinski definition) is 3. The third-order valence-corrected chi connectivity index (χ3v) is 3.08. The number of benzene rings is 1. The van der Waals surface area contributed by atoms with Crippen LogP contribution in [0.3, 0.4) is 0 Å². The lowest BCUT2D eigenvalue weighted by molar-refractivity contribution is 0.403. The van der Waals surface area contributed by atoms with Crippen LogP contribution >= 0.6 is 0 Å². The van der Waals surface area contributed by atoms with Gasteiger partial charge in [-0.25, -0.2) is 9.37 Å². The number of pyridine rings is 2. The molecule has 2 heterocycles. The fourth-order valence-corrected chi connectivity index (χ4v) is 2.11. The SMILES string of the molecule is COc1nccc2[nH]c(=O)c(-c3ccc(F)cc3)cc12. The van der Waals surface area contributed by atoms with Crippen LogP contribution in [0.2, 0.25) is 0 Å². The zero-order valence-corrected chi connectivity index (χ0v) is 10.7. The number of aromatic nitrogens is 2. The highest BCUT2D eigenvalue weighted by Gasteiger charge is 2.09. The van der Waals surface area contributed by atoms with Crippen LogP contribution in [0.4, 0.5) is 4.39 Å². The van der Waals surface area contributed by atoms with Gasteiger partial charge in [0.05, 0.1) is 18.0 Å². The minimum Gasteiger partial charge on any atom is -0.481 e. The molecule has 4 nitrogen and oxygen atoms in total. The van der Waals surface area contributed by atoms with Crippen LogP contribution in [0, 0.1) is 5.82 Å². The molecule has 0 atom stereocenters. The molecule has 0 saturated heterocycles. The maximum Gasteiger partial charge on any atom is 0.256 e. The van der Waals surface area contributed by atoms with Gasteiger partial charge in [0.2, 0.25) is 5.88 Å². The molecular weight excluding hydrogens is 259 g/mol. The van der Waals surface area contributed by atoms with E-state index in [4.69, 9.17) is 4.74 Å². The van der Waals surface area contributed by atoms with Crippen LogP contribution in [0.25, 0.3) is 22.0 Å². The molecule has 0 radical (unpaired) electrons. The second-order valence-electron chi connectivity index (χ2n) is 4.30. The van der Waals surface area contributed by atoms with Crippen molar-refractivity contribution in [1.82, 2.24) is 9.97 Å². The molecule has 20 heavy (non-hydrogen) atoms. The van der Waals surface area contributed by atoms with E-state index < -0.39 is 0 Å². The minimum atomic E-state index is -0.342. The number of methoxy groups -OCH3 is 1. The number of hydrogen-bond donors (Lipinski definition) is 1. The number of halogens is 1. The summed E-state index contributed by atoms with van der Waals surface area (Å²) in [5.41, 5.74) is 1.49. The Kier molecular flexibility index (Phi) is 2.95. The number of nitrogens with zero attached hydrogens (tertiary/aromatic N) is 1. The first-order valence-corrected chi connectivity index (χ1v) is 6.01. The van der Waals surface area contributed by atoms with Gasteiger partial charge in [-0.2, -0.15) is 0 Å². The third-order valence-electron chi connectivity index (χ3n) is 3.08. The minimum absolute atomic E-state index is 0.239. The number of H-pyrrole nitrogens is 1. The van der Waals surface area contributed by atoms with Gasteiger partial charge < -0.3 is 9.72 Å². The molecule has 2 aromatic heterocycles. The molecule has 1 aromatic carbocycles. The summed E-state index contributed by atoms with van der Waals surface area (Å²) < 4.78 is 18.1. The maximum atomic E-state index is 13.0. The molecule has 3 aromatic rings. The van der Waals surface area contributed by atoms with Crippen molar-refractivity contribution in [3.8, 4) is 17.0 Å². The average Bonchev–Trinajstić information content (AvgIpc) is 2.47. The molecule has 1 N–H and O–H groups in total. The van der Waals surface area contributed by atoms with E-state index in [0.29, 0.717) is 27.9 Å². The van der Waals surface area contributed by atoms with Crippen LogP contribution in [0.5, 0.6) is 5.88 Å². The molecule has 0 aliphatic rings. The molecule has 0 amide bonds. The molecule has 0 fully saturated rings. The summed E-state index contributed by atoms with van der Waals surface area (Å²) in [7, 11) is 1.52. The van der Waals surface area contributed by atoms with E-state index in [1.54, 1.807) is 30.5 Å². The van der Waals surface area contributed by atoms with Gasteiger partial charge in [-0.15, -0.1) is 0 Å². The highest BCUT2D eigenvalue weighted by molar-refractivity contribution is 5.87. The van der Waals surface area contributed by atoms with Crippen molar-refractivity contribution in [2.24, 2.45) is 0 Å². The van der Waals surface area contributed by atoms with Gasteiger partial charge in [-0.05, 0) is 29.8 Å². The smallest absolute Gasteiger partial charge is 0.256 e. The van der Waals surface area contributed by atoms with E-state index in [1.807, 2.05) is 0 Å². The first-order chi connectivity index (χ1) is 9.69. The summed E-state index contributed by atoms with van der Waals surface area (Å²) in [5, 5.41) is 0.703. The van der Waals surface area contributed by atoms with E-state index in [0.717, 1.165) is 0 Å². The summed E-state index contributed by atoms with van der Waals surface area (Å²) >= 11 is 0. The largest absolute Gasteiger partial charge is 0.481 e. The van der Waals surface area contributed by atoms with E-state index in [1.165, 1.54) is 19.2 Å². The molecule has 0 aliphatic carbocycles. The molecule has 0 unspecified atom stereocenters. The van der Waals surface area contributed by atoms with E-state index >= 15 is 0 Å². The fraction of sp³-hybridized carbons (Fsp3) is 0.0667. The third kappa shape index (κ3) is 2.03. The number of aromatic amines is 1. The summed E-state index contributed by atoms with van der Waals surface area (Å²) in [4.78, 5) is 19.0. The fourth-order valence-electron chi connectivity index (χ4n) is 2.11. The molecule has 0 bridgehead atoms. The van der Waals surface area contributed by atoms with Gasteiger partial charge in [0.15, 0.2) is 0 Å². The summed E-state index contributed by atoms with van der Waals surface area (Å²) in [5.74, 6) is 0.0901. The van der Waals surface area contributed by atoms with Crippen LogP contribution in [-0.4, -0.2) is 17.1 Å². The summed E-state index contributed by atoms with van der Waals surface area (Å²) in [6, 6.07) is 9.17. The summed E-state index contributed by atoms with van der Waals surface area (Å²) in [6.07, 6.45) is 1.56. The first kappa shape index (κ1) is 12.3. The van der Waals surface area contributed by atoms with Crippen molar-refractivity contribution < 1.29 is 9.13 Å². The second kappa shape index (κ2) is 4.77. The van der Waals surface area contributed by atoms with Crippen molar-refractivity contribution >= 4 is 10.9 Å². The number of ether oxygens (including phenoxy) is 1. The predicted molar refractivity (Wildman–Crippen MR) is 74.3 cm³/mol. The Morgan fingerprint density at radius 3 is 2.65 bits per heavy atom. The molecule has 5 heteroatoms. The molecule has 0 aliphatic heterocycles. The zero-order chi connectivity index (χ0) is 14.1. The monoisotopic (exact) mass is 270 g/mol. The van der Waals surface area contributed by atoms with Crippen LogP contribution in [-0.2, 0) is 0 Å². The number of rotatable bonds is 2. The normalized spacial score (nSPS) is 10.7. The maximum absolute atomic E-state index is 13.0. The Balaban J connectivity index is 2.28. The van der Waals surface area contributed by atoms with Gasteiger partial charge in [0.25, 0.3) is 5.56 Å². The van der Waals surface area contributed by atoms with E-state index in [-0.39, 0.29) is 11.4 Å². The lowest BCUT2D eigenvalue weighted by atomic mass is 10.1. The Bertz CT molecular complexity index is 825. The lowest BCUT2D eigenvalue weighted by Gasteiger charge is -2.06. The van der Waals surface area contributed by atoms with Crippen LogP contribution < -0.4 is 10.3 Å². The molecular formula is C15H11FN2O2. The Morgan fingerprint density at radius 1 is 1.20 bits per heavy atom. The van der Waals surface area contributed by atoms with Crippen molar-refractivity contribution in [1.29, 1.82) is 0 Å². The van der Waals surface area contributed by atoms with Gasteiger partial charge in [-0.3, -0.25) is 4.79 Å². The lowest BCUT2D eigenvalue weighted by Crippen LogP contribution is -2.09. The van der Waals surface area contributed by atoms with E-state index in [9.17, 15) is 9.18 Å². The van der Waals surface area contributed by atoms with Crippen molar-refractivity contribution in [2.75, 3.05) is 7.11 Å². The topological polar surface area (TPSA) is 55.0 Å². The zero-order valence-electron chi connectivity index (χ0n) is 10.7. The molecule has 0 saturated carbocycles. The molecule has 0 spiro atoms. The molecule has 100 valence electrons. The standard InChI is InChI=1S/C15H11FN2O2/c1-20-15-12-8-11(9-2-4-10(16)5-3-9)14(19)18-13(12)6-7-17-15/h2-8H,1H3,(H,18,19). The predicted octanol–water partition coefficient (Wildman–Crippen LogP) is 2.74. The number of fused-ring (bicyclic) bond motifs is 1. The van der Waals surface area contributed by atoms with Crippen LogP contribution in [0.1, 0.15) is 0 Å². The molecule has 3 rings (SSSR count). The van der Waals surface area contributed by atoms with Crippen molar-refractivity contribution in [2.45, 2.75) is 0 Å². The van der Waals surface area contributed by atoms with Crippen LogP contribution in [0.15, 0.2) is 47.4 Å². The highest BCUT2D eigenvalue weighted by Crippen LogP contribution is 2.24. The Hall–Kier alpha value is -2.69.